The Labute approximate surface area is 52.0 Å². The quantitative estimate of drug-likeness (QED) is 0.438. The van der Waals surface area contributed by atoms with Gasteiger partial charge in [-0.25, -0.2) is 0 Å². The van der Waals surface area contributed by atoms with Gasteiger partial charge in [0.15, 0.2) is 0 Å². The molecule has 1 heteroatoms. The molecule has 0 unspecified atom stereocenters. The second-order valence-corrected chi connectivity index (χ2v) is 1.15. The minimum atomic E-state index is 2.00. The van der Waals surface area contributed by atoms with E-state index in [1.807, 2.05) is 51.1 Å². The summed E-state index contributed by atoms with van der Waals surface area (Å²) in [4.78, 5) is 0. The lowest BCUT2D eigenvalue weighted by Crippen LogP contribution is -1.47. The van der Waals surface area contributed by atoms with Gasteiger partial charge in [0, 0.05) is 0 Å². The molecular weight excluding hydrogens is 94.9 g/mol. The van der Waals surface area contributed by atoms with Crippen LogP contribution in [0.3, 0.4) is 0 Å². The van der Waals surface area contributed by atoms with Gasteiger partial charge in [0.1, 0.15) is 0 Å². The molecule has 0 bridgehead atoms. The molecule has 8 heavy (non-hydrogen) atoms. The van der Waals surface area contributed by atoms with Crippen molar-refractivity contribution in [2.24, 2.45) is 0 Å². The Morgan fingerprint density at radius 1 is 0.625 bits per heavy atom. The fourth-order valence-corrected chi connectivity index (χ4v) is 0.385. The van der Waals surface area contributed by atoms with Crippen molar-refractivity contribution in [1.29, 1.82) is 0 Å². The highest BCUT2D eigenvalue weighted by Gasteiger charge is 1.57. The van der Waals surface area contributed by atoms with Gasteiger partial charge in [-0.05, 0) is 0 Å². The maximum atomic E-state index is 2.00. The summed E-state index contributed by atoms with van der Waals surface area (Å²) in [5.74, 6) is 0. The molecule has 0 nitrogen and oxygen atoms in total. The third-order valence-electron chi connectivity index (χ3n) is 0.667. The molecule has 0 fully saturated rings. The molecule has 0 radical (unpaired) electrons. The Morgan fingerprint density at radius 3 is 0.875 bits per heavy atom. The Hall–Kier alpha value is -0.715. The summed E-state index contributed by atoms with van der Waals surface area (Å²) in [5.41, 5.74) is 0. The molecule has 0 N–H and O–H groups in total. The molecule has 42 valence electrons. The highest BCUT2D eigenvalue weighted by atomic mass is 13.6. The Bertz CT molecular complexity index is 76.3. The highest BCUT2D eigenvalue weighted by Crippen LogP contribution is 1.79. The first-order valence-electron chi connectivity index (χ1n) is 3.00. The Kier molecular flexibility index (Phi) is 5.72. The summed E-state index contributed by atoms with van der Waals surface area (Å²) < 4.78 is 0. The van der Waals surface area contributed by atoms with Crippen LogP contribution < -0.4 is 0 Å². The smallest absolute Gasteiger partial charge is 0.0927 e. The van der Waals surface area contributed by atoms with Crippen molar-refractivity contribution in [2.75, 3.05) is 0 Å². The first-order chi connectivity index (χ1) is 4.00. The van der Waals surface area contributed by atoms with Crippen LogP contribution in [-0.4, -0.2) is 7.85 Å². The minimum Gasteiger partial charge on any atom is -0.0927 e. The predicted molar refractivity (Wildman–Crippen MR) is 40.9 cm³/mol. The molecule has 0 aliphatic carbocycles. The molecule has 0 heterocycles. The molecule has 0 saturated carbocycles. The zero-order chi connectivity index (χ0) is 6.24. The summed E-state index contributed by atoms with van der Waals surface area (Å²) in [5, 5.41) is 0. The molecule has 0 amide bonds. The van der Waals surface area contributed by atoms with E-state index in [4.69, 9.17) is 0 Å². The van der Waals surface area contributed by atoms with Gasteiger partial charge in [-0.3, -0.25) is 0 Å². The van der Waals surface area contributed by atoms with E-state index in [-0.39, 0.29) is 0 Å². The molecule has 0 atom stereocenters. The minimum absolute atomic E-state index is 2.00. The lowest BCUT2D eigenvalue weighted by Gasteiger charge is -1.69. The molecule has 1 aromatic carbocycles. The maximum Gasteiger partial charge on any atom is 0.0973 e. The van der Waals surface area contributed by atoms with Crippen molar-refractivity contribution in [3.8, 4) is 0 Å². The van der Waals surface area contributed by atoms with Crippen molar-refractivity contribution >= 4 is 7.85 Å². The number of hydrogen-bond acceptors (Lipinski definition) is 0. The number of rotatable bonds is 0. The first kappa shape index (κ1) is 7.28. The van der Waals surface area contributed by atoms with E-state index in [1.165, 1.54) is 0 Å². The third-order valence-corrected chi connectivity index (χ3v) is 0.667. The molecule has 0 spiro atoms. The zero-order valence-electron chi connectivity index (χ0n) is 5.46. The first-order valence-corrected chi connectivity index (χ1v) is 3.00. The molecule has 1 rings (SSSR count). The molecular formula is C7H11B. The fourth-order valence-electron chi connectivity index (χ4n) is 0.385. The molecule has 0 saturated heterocycles. The van der Waals surface area contributed by atoms with E-state index in [0.29, 0.717) is 0 Å². The van der Waals surface area contributed by atoms with Gasteiger partial charge < -0.3 is 0 Å². The summed E-state index contributed by atoms with van der Waals surface area (Å²) in [6, 6.07) is 12.0. The summed E-state index contributed by atoms with van der Waals surface area (Å²) in [6.07, 6.45) is 0. The van der Waals surface area contributed by atoms with E-state index in [2.05, 4.69) is 0 Å². The maximum absolute atomic E-state index is 2.00. The Balaban J connectivity index is 0.000000222. The summed E-state index contributed by atoms with van der Waals surface area (Å²) >= 11 is 0. The van der Waals surface area contributed by atoms with Gasteiger partial charge in [0.05, 0.1) is 7.85 Å². The van der Waals surface area contributed by atoms with Gasteiger partial charge in [0.25, 0.3) is 0 Å². The normalized spacial score (nSPS) is 6.62. The fraction of sp³-hybridized carbons (Fsp3) is 0.143. The monoisotopic (exact) mass is 106 g/mol. The number of hydrogen-bond donors (Lipinski definition) is 0. The van der Waals surface area contributed by atoms with Crippen LogP contribution in [0.1, 0.15) is 0 Å². The van der Waals surface area contributed by atoms with Crippen LogP contribution in [0.4, 0.5) is 0 Å². The van der Waals surface area contributed by atoms with E-state index >= 15 is 0 Å². The zero-order valence-corrected chi connectivity index (χ0v) is 5.46. The second kappa shape index (κ2) is 6.28. The summed E-state index contributed by atoms with van der Waals surface area (Å²) in [7, 11) is 2.00. The SMILES string of the molecule is BC.c1ccccc1. The van der Waals surface area contributed by atoms with Gasteiger partial charge in [0.2, 0.25) is 0 Å². The van der Waals surface area contributed by atoms with Crippen LogP contribution in [0, 0.1) is 0 Å². The van der Waals surface area contributed by atoms with Crippen molar-refractivity contribution in [3.63, 3.8) is 0 Å². The van der Waals surface area contributed by atoms with Crippen LogP contribution in [0.5, 0.6) is 0 Å². The standard InChI is InChI=1S/C6H6.CH5B/c1-2-4-6-5-3-1;1-2/h1-6H;2H2,1H3. The van der Waals surface area contributed by atoms with E-state index in [9.17, 15) is 0 Å². The average molecular weight is 106 g/mol. The average Bonchev–Trinajstić information content (AvgIpc) is 1.96. The Morgan fingerprint density at radius 2 is 0.750 bits per heavy atom. The molecule has 1 aromatic rings. The van der Waals surface area contributed by atoms with Gasteiger partial charge in [-0.15, -0.1) is 0 Å². The topological polar surface area (TPSA) is 0 Å². The highest BCUT2D eigenvalue weighted by molar-refractivity contribution is 6.05. The largest absolute Gasteiger partial charge is 0.0973 e. The van der Waals surface area contributed by atoms with Crippen molar-refractivity contribution in [1.82, 2.24) is 0 Å². The van der Waals surface area contributed by atoms with Crippen LogP contribution >= 0.6 is 0 Å². The molecule has 0 aromatic heterocycles. The number of benzene rings is 1. The van der Waals surface area contributed by atoms with Gasteiger partial charge >= 0.3 is 0 Å². The van der Waals surface area contributed by atoms with E-state index in [1.54, 1.807) is 0 Å². The van der Waals surface area contributed by atoms with Gasteiger partial charge in [-0.2, -0.15) is 0 Å². The van der Waals surface area contributed by atoms with E-state index < -0.39 is 0 Å². The van der Waals surface area contributed by atoms with Crippen molar-refractivity contribution in [3.05, 3.63) is 36.4 Å². The molecule has 0 aliphatic heterocycles. The van der Waals surface area contributed by atoms with Crippen LogP contribution in [0.2, 0.25) is 6.82 Å². The third kappa shape index (κ3) is 3.47. The van der Waals surface area contributed by atoms with Crippen molar-refractivity contribution < 1.29 is 0 Å². The van der Waals surface area contributed by atoms with Crippen LogP contribution in [-0.2, 0) is 0 Å². The molecule has 0 aliphatic rings. The lowest BCUT2D eigenvalue weighted by atomic mass is 10.2. The van der Waals surface area contributed by atoms with E-state index in [0.717, 1.165) is 0 Å². The van der Waals surface area contributed by atoms with Crippen LogP contribution in [0.15, 0.2) is 36.4 Å². The van der Waals surface area contributed by atoms with Gasteiger partial charge in [-0.1, -0.05) is 43.2 Å². The lowest BCUT2D eigenvalue weighted by molar-refractivity contribution is 1.72. The van der Waals surface area contributed by atoms with Crippen molar-refractivity contribution in [2.45, 2.75) is 6.82 Å². The van der Waals surface area contributed by atoms with Crippen LogP contribution in [0.25, 0.3) is 0 Å². The summed E-state index contributed by atoms with van der Waals surface area (Å²) in [6.45, 7) is 2.00. The second-order valence-electron chi connectivity index (χ2n) is 1.15. The predicted octanol–water partition coefficient (Wildman–Crippen LogP) is 1.35.